The number of hydrogen-bond acceptors (Lipinski definition) is 4. The predicted octanol–water partition coefficient (Wildman–Crippen LogP) is 3.07. The van der Waals surface area contributed by atoms with Gasteiger partial charge in [0, 0.05) is 6.54 Å². The third-order valence-electron chi connectivity index (χ3n) is 2.86. The topological polar surface area (TPSA) is 61.0 Å². The smallest absolute Gasteiger partial charge is 0.237 e. The molecule has 0 unspecified atom stereocenters. The molecule has 2 rings (SSSR count). The van der Waals surface area contributed by atoms with Crippen LogP contribution < -0.4 is 10.5 Å². The second kappa shape index (κ2) is 6.85. The van der Waals surface area contributed by atoms with Crippen molar-refractivity contribution in [2.75, 3.05) is 0 Å². The van der Waals surface area contributed by atoms with Gasteiger partial charge in [0.15, 0.2) is 0 Å². The zero-order valence-corrected chi connectivity index (χ0v) is 11.2. The van der Waals surface area contributed by atoms with Gasteiger partial charge in [-0.2, -0.15) is 0 Å². The van der Waals surface area contributed by atoms with Gasteiger partial charge in [0.2, 0.25) is 5.88 Å². The van der Waals surface area contributed by atoms with Crippen LogP contribution in [0.2, 0.25) is 0 Å². The number of unbranched alkanes of at least 4 members (excludes halogenated alkanes) is 1. The molecule has 2 N–H and O–H groups in total. The molecule has 0 spiro atoms. The average Bonchev–Trinajstić information content (AvgIpc) is 2.47. The van der Waals surface area contributed by atoms with E-state index >= 15 is 0 Å². The van der Waals surface area contributed by atoms with Crippen LogP contribution in [-0.4, -0.2) is 9.97 Å². The minimum atomic E-state index is 0.388. The van der Waals surface area contributed by atoms with Gasteiger partial charge in [-0.1, -0.05) is 25.5 Å². The second-order valence-corrected chi connectivity index (χ2v) is 4.40. The van der Waals surface area contributed by atoms with Crippen LogP contribution in [0.25, 0.3) is 0 Å². The monoisotopic (exact) mass is 257 g/mol. The van der Waals surface area contributed by atoms with E-state index in [1.165, 1.54) is 18.4 Å². The summed E-state index contributed by atoms with van der Waals surface area (Å²) in [5.41, 5.74) is 7.55. The molecule has 0 radical (unpaired) electrons. The van der Waals surface area contributed by atoms with E-state index in [1.807, 2.05) is 12.1 Å². The standard InChI is InChI=1S/C15H19N3O/c1-2-3-4-12-5-7-14(8-6-12)19-15-11-17-13(9-16)10-18-15/h5-8,10-11H,2-4,9,16H2,1H3. The van der Waals surface area contributed by atoms with Gasteiger partial charge in [0.25, 0.3) is 0 Å². The summed E-state index contributed by atoms with van der Waals surface area (Å²) in [4.78, 5) is 8.29. The van der Waals surface area contributed by atoms with Crippen molar-refractivity contribution in [3.05, 3.63) is 47.9 Å². The normalized spacial score (nSPS) is 10.4. The summed E-state index contributed by atoms with van der Waals surface area (Å²) in [5.74, 6) is 1.26. The molecule has 4 heteroatoms. The first-order chi connectivity index (χ1) is 9.31. The third kappa shape index (κ3) is 4.03. The van der Waals surface area contributed by atoms with Crippen LogP contribution in [0, 0.1) is 0 Å². The lowest BCUT2D eigenvalue weighted by Gasteiger charge is -2.06. The van der Waals surface area contributed by atoms with Crippen LogP contribution in [0.4, 0.5) is 0 Å². The molecule has 1 aromatic carbocycles. The van der Waals surface area contributed by atoms with Crippen LogP contribution in [0.5, 0.6) is 11.6 Å². The van der Waals surface area contributed by atoms with Gasteiger partial charge >= 0.3 is 0 Å². The van der Waals surface area contributed by atoms with Gasteiger partial charge in [0.05, 0.1) is 18.1 Å². The van der Waals surface area contributed by atoms with Crippen LogP contribution in [0.3, 0.4) is 0 Å². The number of aromatic nitrogens is 2. The predicted molar refractivity (Wildman–Crippen MR) is 75.1 cm³/mol. The van der Waals surface area contributed by atoms with Gasteiger partial charge in [0.1, 0.15) is 5.75 Å². The van der Waals surface area contributed by atoms with E-state index in [0.29, 0.717) is 12.4 Å². The van der Waals surface area contributed by atoms with E-state index in [2.05, 4.69) is 29.0 Å². The third-order valence-corrected chi connectivity index (χ3v) is 2.86. The van der Waals surface area contributed by atoms with E-state index < -0.39 is 0 Å². The van der Waals surface area contributed by atoms with Crippen molar-refractivity contribution in [3.63, 3.8) is 0 Å². The first kappa shape index (κ1) is 13.5. The molecule has 100 valence electrons. The molecule has 4 nitrogen and oxygen atoms in total. The number of ether oxygens (including phenoxy) is 1. The number of aryl methyl sites for hydroxylation is 1. The molecule has 19 heavy (non-hydrogen) atoms. The average molecular weight is 257 g/mol. The lowest BCUT2D eigenvalue weighted by Crippen LogP contribution is -2.00. The minimum Gasteiger partial charge on any atom is -0.438 e. The Morgan fingerprint density at radius 2 is 1.89 bits per heavy atom. The van der Waals surface area contributed by atoms with E-state index in [-0.39, 0.29) is 0 Å². The summed E-state index contributed by atoms with van der Waals surface area (Å²) < 4.78 is 5.62. The first-order valence-corrected chi connectivity index (χ1v) is 6.59. The van der Waals surface area contributed by atoms with Crippen molar-refractivity contribution >= 4 is 0 Å². The zero-order chi connectivity index (χ0) is 13.5. The Balaban J connectivity index is 1.98. The Bertz CT molecular complexity index is 494. The lowest BCUT2D eigenvalue weighted by molar-refractivity contribution is 0.459. The van der Waals surface area contributed by atoms with Crippen molar-refractivity contribution in [1.29, 1.82) is 0 Å². The highest BCUT2D eigenvalue weighted by Gasteiger charge is 2.00. The number of hydrogen-bond donors (Lipinski definition) is 1. The SMILES string of the molecule is CCCCc1ccc(Oc2cnc(CN)cn2)cc1. The fourth-order valence-electron chi connectivity index (χ4n) is 1.73. The largest absolute Gasteiger partial charge is 0.438 e. The maximum Gasteiger partial charge on any atom is 0.237 e. The van der Waals surface area contributed by atoms with Crippen LogP contribution >= 0.6 is 0 Å². The summed E-state index contributed by atoms with van der Waals surface area (Å²) in [7, 11) is 0. The van der Waals surface area contributed by atoms with E-state index in [9.17, 15) is 0 Å². The van der Waals surface area contributed by atoms with Gasteiger partial charge in [-0.25, -0.2) is 4.98 Å². The highest BCUT2D eigenvalue weighted by atomic mass is 16.5. The van der Waals surface area contributed by atoms with Gasteiger partial charge in [-0.3, -0.25) is 4.98 Å². The molecule has 0 aliphatic rings. The molecule has 1 heterocycles. The fraction of sp³-hybridized carbons (Fsp3) is 0.333. The Hall–Kier alpha value is -1.94. The molecule has 0 bridgehead atoms. The van der Waals surface area contributed by atoms with Crippen molar-refractivity contribution < 1.29 is 4.74 Å². The quantitative estimate of drug-likeness (QED) is 0.864. The molecule has 0 saturated carbocycles. The molecule has 0 atom stereocenters. The summed E-state index contributed by atoms with van der Waals surface area (Å²) in [5, 5.41) is 0. The molecule has 0 aliphatic carbocycles. The molecule has 0 amide bonds. The highest BCUT2D eigenvalue weighted by molar-refractivity contribution is 5.30. The molecule has 0 saturated heterocycles. The number of rotatable bonds is 6. The zero-order valence-electron chi connectivity index (χ0n) is 11.2. The number of benzene rings is 1. The van der Waals surface area contributed by atoms with E-state index in [1.54, 1.807) is 12.4 Å². The first-order valence-electron chi connectivity index (χ1n) is 6.59. The van der Waals surface area contributed by atoms with E-state index in [0.717, 1.165) is 17.9 Å². The van der Waals surface area contributed by atoms with Crippen LogP contribution in [0.1, 0.15) is 31.0 Å². The second-order valence-electron chi connectivity index (χ2n) is 4.40. The van der Waals surface area contributed by atoms with Crippen molar-refractivity contribution in [2.45, 2.75) is 32.7 Å². The minimum absolute atomic E-state index is 0.388. The van der Waals surface area contributed by atoms with Gasteiger partial charge in [-0.15, -0.1) is 0 Å². The van der Waals surface area contributed by atoms with Gasteiger partial charge in [-0.05, 0) is 30.5 Å². The maximum absolute atomic E-state index is 5.62. The maximum atomic E-state index is 5.62. The fourth-order valence-corrected chi connectivity index (χ4v) is 1.73. The summed E-state index contributed by atoms with van der Waals surface area (Å²) in [6.45, 7) is 2.58. The summed E-state index contributed by atoms with van der Waals surface area (Å²) in [6, 6.07) is 8.10. The molecule has 1 aromatic heterocycles. The molecular weight excluding hydrogens is 238 g/mol. The molecule has 0 aliphatic heterocycles. The number of nitrogens with two attached hydrogens (primary N) is 1. The Labute approximate surface area is 113 Å². The summed E-state index contributed by atoms with van der Waals surface area (Å²) in [6.07, 6.45) is 6.76. The molecule has 2 aromatic rings. The van der Waals surface area contributed by atoms with Crippen molar-refractivity contribution in [1.82, 2.24) is 9.97 Å². The molecular formula is C15H19N3O. The van der Waals surface area contributed by atoms with Crippen molar-refractivity contribution in [2.24, 2.45) is 5.73 Å². The van der Waals surface area contributed by atoms with E-state index in [4.69, 9.17) is 10.5 Å². The lowest BCUT2D eigenvalue weighted by atomic mass is 10.1. The Morgan fingerprint density at radius 3 is 2.47 bits per heavy atom. The van der Waals surface area contributed by atoms with Crippen LogP contribution in [0.15, 0.2) is 36.7 Å². The summed E-state index contributed by atoms with van der Waals surface area (Å²) >= 11 is 0. The Morgan fingerprint density at radius 1 is 1.11 bits per heavy atom. The highest BCUT2D eigenvalue weighted by Crippen LogP contribution is 2.19. The molecule has 0 fully saturated rings. The Kier molecular flexibility index (Phi) is 4.86. The number of nitrogens with zero attached hydrogens (tertiary/aromatic N) is 2. The van der Waals surface area contributed by atoms with Crippen LogP contribution in [-0.2, 0) is 13.0 Å². The van der Waals surface area contributed by atoms with Crippen molar-refractivity contribution in [3.8, 4) is 11.6 Å². The van der Waals surface area contributed by atoms with Gasteiger partial charge < -0.3 is 10.5 Å².